The molecule has 0 bridgehead atoms. The second-order valence-corrected chi connectivity index (χ2v) is 3.29. The van der Waals surface area contributed by atoms with Gasteiger partial charge in [-0.3, -0.25) is 0 Å². The number of phenolic OH excluding ortho intramolecular Hbond substituents is 3. The highest BCUT2D eigenvalue weighted by molar-refractivity contribution is 5.58. The van der Waals surface area contributed by atoms with E-state index in [1.54, 1.807) is 0 Å². The van der Waals surface area contributed by atoms with E-state index in [0.29, 0.717) is 24.0 Å². The molecule has 1 atom stereocenters. The van der Waals surface area contributed by atoms with E-state index >= 15 is 0 Å². The molecular formula is C9H10O4. The van der Waals surface area contributed by atoms with E-state index in [1.165, 1.54) is 6.07 Å². The monoisotopic (exact) mass is 182 g/mol. The molecule has 0 saturated carbocycles. The Balaban J connectivity index is 2.60. The van der Waals surface area contributed by atoms with Crippen molar-refractivity contribution in [1.29, 1.82) is 0 Å². The van der Waals surface area contributed by atoms with E-state index < -0.39 is 11.9 Å². The number of hydrogen-bond acceptors (Lipinski definition) is 4. The number of aliphatic hydroxyl groups excluding tert-OH is 1. The number of rotatable bonds is 0. The minimum absolute atomic E-state index is 0.313. The van der Waals surface area contributed by atoms with E-state index in [0.717, 1.165) is 0 Å². The number of aliphatic hydroxyl groups is 1. The Labute approximate surface area is 74.7 Å². The summed E-state index contributed by atoms with van der Waals surface area (Å²) < 4.78 is 0. The van der Waals surface area contributed by atoms with Crippen LogP contribution in [0.3, 0.4) is 0 Å². The van der Waals surface area contributed by atoms with Crippen LogP contribution in [-0.2, 0) is 12.8 Å². The largest absolute Gasteiger partial charge is 0.504 e. The first-order chi connectivity index (χ1) is 6.09. The number of aromatic hydroxyl groups is 3. The van der Waals surface area contributed by atoms with Crippen molar-refractivity contribution in [2.45, 2.75) is 18.9 Å². The minimum Gasteiger partial charge on any atom is -0.504 e. The molecular weight excluding hydrogens is 172 g/mol. The Morgan fingerprint density at radius 3 is 2.46 bits per heavy atom. The van der Waals surface area contributed by atoms with Crippen molar-refractivity contribution in [2.75, 3.05) is 0 Å². The molecule has 0 saturated heterocycles. The first-order valence-corrected chi connectivity index (χ1v) is 4.03. The molecule has 4 heteroatoms. The van der Waals surface area contributed by atoms with Crippen LogP contribution in [0.5, 0.6) is 17.2 Å². The van der Waals surface area contributed by atoms with Gasteiger partial charge in [-0.15, -0.1) is 0 Å². The Morgan fingerprint density at radius 1 is 1.08 bits per heavy atom. The maximum atomic E-state index is 9.40. The molecule has 1 aromatic carbocycles. The van der Waals surface area contributed by atoms with Crippen LogP contribution in [0.4, 0.5) is 0 Å². The van der Waals surface area contributed by atoms with Gasteiger partial charge in [0.1, 0.15) is 0 Å². The topological polar surface area (TPSA) is 80.9 Å². The first-order valence-electron chi connectivity index (χ1n) is 4.03. The summed E-state index contributed by atoms with van der Waals surface area (Å²) in [6.45, 7) is 0. The summed E-state index contributed by atoms with van der Waals surface area (Å²) >= 11 is 0. The predicted octanol–water partition coefficient (Wildman–Crippen LogP) is 0.263. The number of phenols is 3. The minimum atomic E-state index is -0.526. The highest BCUT2D eigenvalue weighted by Gasteiger charge is 2.25. The molecule has 0 aromatic heterocycles. The average molecular weight is 182 g/mol. The molecule has 2 rings (SSSR count). The SMILES string of the molecule is Oc1cc2c(c(O)c1O)CC(O)C2. The van der Waals surface area contributed by atoms with Gasteiger partial charge in [0.05, 0.1) is 6.10 Å². The van der Waals surface area contributed by atoms with Gasteiger partial charge in [0.15, 0.2) is 11.5 Å². The van der Waals surface area contributed by atoms with E-state index in [1.807, 2.05) is 0 Å². The lowest BCUT2D eigenvalue weighted by Crippen LogP contribution is -2.03. The summed E-state index contributed by atoms with van der Waals surface area (Å²) in [7, 11) is 0. The summed E-state index contributed by atoms with van der Waals surface area (Å²) in [6, 6.07) is 1.38. The fraction of sp³-hybridized carbons (Fsp3) is 0.333. The molecule has 1 unspecified atom stereocenters. The van der Waals surface area contributed by atoms with Gasteiger partial charge in [-0.25, -0.2) is 0 Å². The fourth-order valence-corrected chi connectivity index (χ4v) is 1.71. The average Bonchev–Trinajstić information content (AvgIpc) is 2.42. The summed E-state index contributed by atoms with van der Waals surface area (Å²) in [5.41, 5.74) is 1.23. The van der Waals surface area contributed by atoms with Crippen LogP contribution >= 0.6 is 0 Å². The Bertz CT molecular complexity index is 359. The quantitative estimate of drug-likeness (QED) is 0.434. The van der Waals surface area contributed by atoms with Crippen molar-refractivity contribution >= 4 is 0 Å². The van der Waals surface area contributed by atoms with Gasteiger partial charge >= 0.3 is 0 Å². The normalized spacial score (nSPS) is 20.2. The Hall–Kier alpha value is -1.42. The summed E-state index contributed by atoms with van der Waals surface area (Å²) in [5.74, 6) is -1.16. The van der Waals surface area contributed by atoms with Gasteiger partial charge in [-0.2, -0.15) is 0 Å². The predicted molar refractivity (Wildman–Crippen MR) is 44.9 cm³/mol. The van der Waals surface area contributed by atoms with Gasteiger partial charge in [0, 0.05) is 12.0 Å². The molecule has 1 aromatic rings. The Kier molecular flexibility index (Phi) is 1.60. The number of hydrogen-bond donors (Lipinski definition) is 4. The zero-order chi connectivity index (χ0) is 9.59. The standard InChI is InChI=1S/C9H10O4/c10-5-1-4-2-7(11)9(13)8(12)6(4)3-5/h2,5,10-13H,1,3H2. The lowest BCUT2D eigenvalue weighted by molar-refractivity contribution is 0.186. The Morgan fingerprint density at radius 2 is 1.77 bits per heavy atom. The van der Waals surface area contributed by atoms with Gasteiger partial charge in [-0.05, 0) is 18.1 Å². The third kappa shape index (κ3) is 1.10. The molecule has 1 aliphatic carbocycles. The zero-order valence-electron chi connectivity index (χ0n) is 6.86. The van der Waals surface area contributed by atoms with Crippen molar-refractivity contribution in [3.63, 3.8) is 0 Å². The molecule has 13 heavy (non-hydrogen) atoms. The first kappa shape index (κ1) is 8.19. The van der Waals surface area contributed by atoms with E-state index in [2.05, 4.69) is 0 Å². The van der Waals surface area contributed by atoms with E-state index in [-0.39, 0.29) is 11.5 Å². The van der Waals surface area contributed by atoms with Gasteiger partial charge in [-0.1, -0.05) is 0 Å². The summed E-state index contributed by atoms with van der Waals surface area (Å²) in [4.78, 5) is 0. The molecule has 70 valence electrons. The van der Waals surface area contributed by atoms with Crippen LogP contribution in [0, 0.1) is 0 Å². The van der Waals surface area contributed by atoms with Crippen molar-refractivity contribution in [2.24, 2.45) is 0 Å². The summed E-state index contributed by atoms with van der Waals surface area (Å²) in [6.07, 6.45) is 0.216. The van der Waals surface area contributed by atoms with Crippen molar-refractivity contribution in [3.05, 3.63) is 17.2 Å². The fourth-order valence-electron chi connectivity index (χ4n) is 1.71. The van der Waals surface area contributed by atoms with Gasteiger partial charge in [0.2, 0.25) is 5.75 Å². The molecule has 0 fully saturated rings. The lowest BCUT2D eigenvalue weighted by Gasteiger charge is -2.05. The van der Waals surface area contributed by atoms with E-state index in [9.17, 15) is 15.3 Å². The lowest BCUT2D eigenvalue weighted by atomic mass is 10.1. The number of fused-ring (bicyclic) bond motifs is 1. The van der Waals surface area contributed by atoms with Gasteiger partial charge in [0.25, 0.3) is 0 Å². The van der Waals surface area contributed by atoms with Crippen LogP contribution in [0.2, 0.25) is 0 Å². The van der Waals surface area contributed by atoms with Crippen LogP contribution in [0.25, 0.3) is 0 Å². The van der Waals surface area contributed by atoms with Crippen molar-refractivity contribution in [3.8, 4) is 17.2 Å². The molecule has 0 aliphatic heterocycles. The van der Waals surface area contributed by atoms with E-state index in [4.69, 9.17) is 5.11 Å². The molecule has 0 spiro atoms. The van der Waals surface area contributed by atoms with Crippen LogP contribution in [0.1, 0.15) is 11.1 Å². The molecule has 0 amide bonds. The van der Waals surface area contributed by atoms with Crippen LogP contribution < -0.4 is 0 Å². The molecule has 1 aliphatic rings. The summed E-state index contributed by atoms with van der Waals surface area (Å²) in [5, 5.41) is 37.0. The maximum absolute atomic E-state index is 9.40. The third-order valence-electron chi connectivity index (χ3n) is 2.35. The third-order valence-corrected chi connectivity index (χ3v) is 2.35. The zero-order valence-corrected chi connectivity index (χ0v) is 6.86. The molecule has 4 N–H and O–H groups in total. The second kappa shape index (κ2) is 2.53. The second-order valence-electron chi connectivity index (χ2n) is 3.29. The van der Waals surface area contributed by atoms with Crippen molar-refractivity contribution in [1.82, 2.24) is 0 Å². The molecule has 0 radical (unpaired) electrons. The van der Waals surface area contributed by atoms with Crippen LogP contribution in [0.15, 0.2) is 6.07 Å². The van der Waals surface area contributed by atoms with Crippen molar-refractivity contribution < 1.29 is 20.4 Å². The molecule has 4 nitrogen and oxygen atoms in total. The number of benzene rings is 1. The van der Waals surface area contributed by atoms with Gasteiger partial charge < -0.3 is 20.4 Å². The maximum Gasteiger partial charge on any atom is 0.200 e. The smallest absolute Gasteiger partial charge is 0.200 e. The highest BCUT2D eigenvalue weighted by atomic mass is 16.3. The molecule has 0 heterocycles. The highest BCUT2D eigenvalue weighted by Crippen LogP contribution is 2.42. The van der Waals surface area contributed by atoms with Crippen LogP contribution in [-0.4, -0.2) is 26.5 Å².